The molecule has 0 aliphatic heterocycles. The van der Waals surface area contributed by atoms with E-state index in [-0.39, 0.29) is 33.4 Å². The van der Waals surface area contributed by atoms with Crippen LogP contribution in [0.15, 0.2) is 48.8 Å². The number of anilines is 1. The summed E-state index contributed by atoms with van der Waals surface area (Å²) in [6.07, 6.45) is 1.28. The van der Waals surface area contributed by atoms with Crippen molar-refractivity contribution in [2.24, 2.45) is 0 Å². The fourth-order valence-corrected chi connectivity index (χ4v) is 3.67. The third-order valence-electron chi connectivity index (χ3n) is 4.53. The number of hydrogen-bond acceptors (Lipinski definition) is 4. The lowest BCUT2D eigenvalue weighted by Gasteiger charge is -2.14. The number of nitrogens with two attached hydrogens (primary N) is 1. The van der Waals surface area contributed by atoms with Crippen LogP contribution in [0.4, 0.5) is 18.9 Å². The van der Waals surface area contributed by atoms with E-state index in [0.29, 0.717) is 34.5 Å². The minimum Gasteiger partial charge on any atom is -0.454 e. The predicted molar refractivity (Wildman–Crippen MR) is 112 cm³/mol. The van der Waals surface area contributed by atoms with E-state index in [2.05, 4.69) is 4.98 Å². The van der Waals surface area contributed by atoms with E-state index in [1.54, 1.807) is 12.1 Å². The van der Waals surface area contributed by atoms with Crippen molar-refractivity contribution in [2.75, 3.05) is 5.73 Å². The molecule has 0 saturated carbocycles. The summed E-state index contributed by atoms with van der Waals surface area (Å²) in [5, 5.41) is 8.86. The zero-order valence-electron chi connectivity index (χ0n) is 15.6. The molecule has 0 spiro atoms. The first-order valence-corrected chi connectivity index (χ1v) is 9.58. The molecule has 0 saturated heterocycles. The van der Waals surface area contributed by atoms with Crippen molar-refractivity contribution in [3.8, 4) is 11.5 Å². The second-order valence-corrected chi connectivity index (χ2v) is 7.48. The van der Waals surface area contributed by atoms with E-state index in [1.165, 1.54) is 29.1 Å². The zero-order chi connectivity index (χ0) is 22.3. The van der Waals surface area contributed by atoms with Crippen molar-refractivity contribution in [1.29, 1.82) is 5.41 Å². The lowest BCUT2D eigenvalue weighted by atomic mass is 10.1. The molecule has 1 aromatic heterocycles. The Morgan fingerprint density at radius 3 is 2.29 bits per heavy atom. The Morgan fingerprint density at radius 1 is 1.00 bits per heavy atom. The molecular formula is C21H13Cl2F3N4O. The third kappa shape index (κ3) is 4.17. The highest BCUT2D eigenvalue weighted by molar-refractivity contribution is 6.37. The molecule has 158 valence electrons. The van der Waals surface area contributed by atoms with Crippen LogP contribution >= 0.6 is 23.2 Å². The first-order valence-electron chi connectivity index (χ1n) is 8.82. The summed E-state index contributed by atoms with van der Waals surface area (Å²) in [4.78, 5) is 3.96. The zero-order valence-corrected chi connectivity index (χ0v) is 17.1. The van der Waals surface area contributed by atoms with E-state index in [4.69, 9.17) is 39.1 Å². The van der Waals surface area contributed by atoms with Gasteiger partial charge in [-0.3, -0.25) is 5.41 Å². The van der Waals surface area contributed by atoms with Gasteiger partial charge in [0.1, 0.15) is 23.2 Å². The number of halogens is 5. The summed E-state index contributed by atoms with van der Waals surface area (Å²) in [5.74, 6) is -2.53. The van der Waals surface area contributed by atoms with Crippen molar-refractivity contribution in [1.82, 2.24) is 9.55 Å². The van der Waals surface area contributed by atoms with Crippen molar-refractivity contribution in [3.05, 3.63) is 87.3 Å². The van der Waals surface area contributed by atoms with Crippen LogP contribution in [0.2, 0.25) is 10.0 Å². The number of aromatic nitrogens is 2. The molecule has 0 aliphatic carbocycles. The number of hydrogen-bond donors (Lipinski definition) is 2. The minimum atomic E-state index is -1.01. The Balaban J connectivity index is 1.75. The topological polar surface area (TPSA) is 76.9 Å². The van der Waals surface area contributed by atoms with Crippen LogP contribution in [0.1, 0.15) is 5.56 Å². The summed E-state index contributed by atoms with van der Waals surface area (Å²) in [6.45, 7) is -0.252. The average molecular weight is 465 g/mol. The maximum Gasteiger partial charge on any atom is 0.164 e. The Bertz CT molecular complexity index is 1350. The average Bonchev–Trinajstić information content (AvgIpc) is 2.69. The molecule has 3 aromatic carbocycles. The van der Waals surface area contributed by atoms with Crippen molar-refractivity contribution in [2.45, 2.75) is 6.54 Å². The molecule has 10 heteroatoms. The lowest BCUT2D eigenvalue weighted by molar-refractivity contribution is 0.483. The Kier molecular flexibility index (Phi) is 5.51. The molecule has 0 unspecified atom stereocenters. The second kappa shape index (κ2) is 8.13. The highest BCUT2D eigenvalue weighted by Gasteiger charge is 2.15. The van der Waals surface area contributed by atoms with Crippen molar-refractivity contribution >= 4 is 39.8 Å². The molecule has 0 bridgehead atoms. The van der Waals surface area contributed by atoms with Crippen LogP contribution in [0.25, 0.3) is 10.9 Å². The molecule has 5 nitrogen and oxygen atoms in total. The fourth-order valence-electron chi connectivity index (χ4n) is 3.09. The van der Waals surface area contributed by atoms with Crippen LogP contribution in [0.3, 0.4) is 0 Å². The van der Waals surface area contributed by atoms with Crippen LogP contribution in [-0.2, 0) is 6.54 Å². The van der Waals surface area contributed by atoms with Crippen LogP contribution in [-0.4, -0.2) is 9.55 Å². The normalized spacial score (nSPS) is 11.1. The Hall–Kier alpha value is -3.23. The summed E-state index contributed by atoms with van der Waals surface area (Å²) in [5.41, 5.74) is 6.13. The van der Waals surface area contributed by atoms with Crippen molar-refractivity contribution in [3.63, 3.8) is 0 Å². The van der Waals surface area contributed by atoms with Gasteiger partial charge in [0.15, 0.2) is 11.2 Å². The van der Waals surface area contributed by atoms with E-state index in [1.807, 2.05) is 0 Å². The predicted octanol–water partition coefficient (Wildman–Crippen LogP) is 5.66. The molecule has 0 amide bonds. The standard InChI is InChI=1S/C21H13Cl2F3N4O/c22-15-5-11(27)6-16(23)20(15)31-12-1-2-19-13(7-12)21(28)29-9-30(19)8-14-17(25)3-10(24)4-18(14)26/h1-7,9,28H,8,27H2. The maximum absolute atomic E-state index is 14.1. The number of rotatable bonds is 4. The van der Waals surface area contributed by atoms with Gasteiger partial charge in [0, 0.05) is 28.8 Å². The van der Waals surface area contributed by atoms with Gasteiger partial charge < -0.3 is 15.0 Å². The van der Waals surface area contributed by atoms with E-state index >= 15 is 0 Å². The molecule has 0 atom stereocenters. The van der Waals surface area contributed by atoms with Crippen LogP contribution in [0.5, 0.6) is 11.5 Å². The molecule has 0 fully saturated rings. The van der Waals surface area contributed by atoms with Gasteiger partial charge in [0.25, 0.3) is 0 Å². The Labute approximate surface area is 183 Å². The monoisotopic (exact) mass is 464 g/mol. The van der Waals surface area contributed by atoms with Gasteiger partial charge in [-0.05, 0) is 30.3 Å². The molecular weight excluding hydrogens is 452 g/mol. The molecule has 31 heavy (non-hydrogen) atoms. The number of fused-ring (bicyclic) bond motifs is 1. The molecule has 3 N–H and O–H groups in total. The number of nitrogens with zero attached hydrogens (tertiary/aromatic N) is 2. The van der Waals surface area contributed by atoms with E-state index in [9.17, 15) is 13.2 Å². The Morgan fingerprint density at radius 2 is 1.65 bits per heavy atom. The van der Waals surface area contributed by atoms with Gasteiger partial charge >= 0.3 is 0 Å². The molecule has 0 radical (unpaired) electrons. The second-order valence-electron chi connectivity index (χ2n) is 6.66. The van der Waals surface area contributed by atoms with Gasteiger partial charge in [0.2, 0.25) is 0 Å². The lowest BCUT2D eigenvalue weighted by Crippen LogP contribution is -2.14. The smallest absolute Gasteiger partial charge is 0.164 e. The van der Waals surface area contributed by atoms with Gasteiger partial charge in [-0.25, -0.2) is 18.2 Å². The molecule has 4 rings (SSSR count). The summed E-state index contributed by atoms with van der Waals surface area (Å²) in [6, 6.07) is 8.91. The minimum absolute atomic E-state index is 0.0775. The van der Waals surface area contributed by atoms with Gasteiger partial charge in [-0.1, -0.05) is 23.2 Å². The molecule has 1 heterocycles. The molecule has 4 aromatic rings. The van der Waals surface area contributed by atoms with Crippen LogP contribution in [0, 0.1) is 22.9 Å². The third-order valence-corrected chi connectivity index (χ3v) is 5.10. The number of nitrogens with one attached hydrogen (secondary N) is 1. The highest BCUT2D eigenvalue weighted by Crippen LogP contribution is 2.38. The fraction of sp³-hybridized carbons (Fsp3) is 0.0476. The van der Waals surface area contributed by atoms with E-state index < -0.39 is 17.5 Å². The largest absolute Gasteiger partial charge is 0.454 e. The summed E-state index contributed by atoms with van der Waals surface area (Å²) >= 11 is 12.3. The highest BCUT2D eigenvalue weighted by atomic mass is 35.5. The quantitative estimate of drug-likeness (QED) is 0.382. The molecule has 0 aliphatic rings. The van der Waals surface area contributed by atoms with Gasteiger partial charge in [0.05, 0.1) is 28.4 Å². The number of nitrogen functional groups attached to an aromatic ring is 1. The number of benzene rings is 3. The first kappa shape index (κ1) is 21.0. The summed E-state index contributed by atoms with van der Waals surface area (Å²) < 4.78 is 48.6. The summed E-state index contributed by atoms with van der Waals surface area (Å²) in [7, 11) is 0. The van der Waals surface area contributed by atoms with Gasteiger partial charge in [-0.2, -0.15) is 0 Å². The van der Waals surface area contributed by atoms with Crippen LogP contribution < -0.4 is 16.0 Å². The van der Waals surface area contributed by atoms with E-state index in [0.717, 1.165) is 0 Å². The number of ether oxygens (including phenoxy) is 1. The maximum atomic E-state index is 14.1. The SMILES string of the molecule is N=c1ncn(Cc2c(F)cc(F)cc2F)c2ccc(Oc3c(Cl)cc(N)cc3Cl)cc12. The first-order chi connectivity index (χ1) is 14.7. The van der Waals surface area contributed by atoms with Crippen molar-refractivity contribution < 1.29 is 17.9 Å². The van der Waals surface area contributed by atoms with Gasteiger partial charge in [-0.15, -0.1) is 0 Å².